The Morgan fingerprint density at radius 1 is 0.353 bits per heavy atom. The molecule has 6 aromatic rings. The Kier molecular flexibility index (Phi) is 5.08. The van der Waals surface area contributed by atoms with Crippen molar-refractivity contribution in [2.45, 2.75) is 20.8 Å². The predicted molar refractivity (Wildman–Crippen MR) is 151 cm³/mol. The van der Waals surface area contributed by atoms with E-state index in [9.17, 15) is 0 Å². The van der Waals surface area contributed by atoms with E-state index in [-0.39, 0.29) is 0 Å². The molecule has 0 aromatic heterocycles. The fraction of sp³-hybridized carbons (Fsp3) is 0.0909. The molecule has 0 nitrogen and oxygen atoms in total. The summed E-state index contributed by atoms with van der Waals surface area (Å²) in [6.07, 6.45) is 0. The zero-order chi connectivity index (χ0) is 23.2. The lowest BCUT2D eigenvalue weighted by Crippen LogP contribution is -2.55. The van der Waals surface area contributed by atoms with Crippen molar-refractivity contribution in [2.24, 2.45) is 0 Å². The van der Waals surface area contributed by atoms with Gasteiger partial charge >= 0.3 is 0 Å². The monoisotopic (exact) mass is 451 g/mol. The van der Waals surface area contributed by atoms with E-state index in [1.165, 1.54) is 64.6 Å². The topological polar surface area (TPSA) is 0 Å². The normalized spacial score (nSPS) is 11.6. The summed E-state index contributed by atoms with van der Waals surface area (Å²) in [7, 11) is -1.34. The van der Waals surface area contributed by atoms with Gasteiger partial charge in [0.25, 0.3) is 0 Å². The molecule has 0 aliphatic carbocycles. The second kappa shape index (κ2) is 8.27. The molecule has 163 valence electrons. The van der Waals surface area contributed by atoms with E-state index in [1.54, 1.807) is 0 Å². The van der Waals surface area contributed by atoms with E-state index in [0.717, 1.165) is 0 Å². The lowest BCUT2D eigenvalue weighted by atomic mass is 10.1. The van der Waals surface area contributed by atoms with Crippen molar-refractivity contribution >= 4 is 56.7 Å². The minimum absolute atomic E-state index is 1.32. The fourth-order valence-corrected chi connectivity index (χ4v) is 9.19. The number of aryl methyl sites for hydroxylation is 3. The molecule has 0 saturated carbocycles. The first kappa shape index (κ1) is 20.9. The van der Waals surface area contributed by atoms with Crippen LogP contribution in [-0.4, -0.2) is 8.80 Å². The number of rotatable bonds is 3. The van der Waals surface area contributed by atoms with Crippen molar-refractivity contribution in [3.63, 3.8) is 0 Å². The Morgan fingerprint density at radius 3 is 0.971 bits per heavy atom. The summed E-state index contributed by atoms with van der Waals surface area (Å²) in [5.74, 6) is 0. The average Bonchev–Trinajstić information content (AvgIpc) is 2.87. The van der Waals surface area contributed by atoms with Gasteiger partial charge in [0.2, 0.25) is 0 Å². The van der Waals surface area contributed by atoms with Crippen LogP contribution in [0.1, 0.15) is 16.7 Å². The lowest BCUT2D eigenvalue weighted by molar-refractivity contribution is 1.50. The Hall–Kier alpha value is -3.68. The first-order chi connectivity index (χ1) is 16.6. The molecule has 1 radical (unpaired) electrons. The van der Waals surface area contributed by atoms with Crippen molar-refractivity contribution < 1.29 is 0 Å². The van der Waals surface area contributed by atoms with E-state index in [4.69, 9.17) is 0 Å². The Morgan fingerprint density at radius 2 is 0.647 bits per heavy atom. The van der Waals surface area contributed by atoms with E-state index >= 15 is 0 Å². The van der Waals surface area contributed by atoms with E-state index < -0.39 is 8.80 Å². The minimum Gasteiger partial charge on any atom is -0.0616 e. The second-order valence-electron chi connectivity index (χ2n) is 9.31. The van der Waals surface area contributed by atoms with Crippen LogP contribution in [0.25, 0.3) is 32.3 Å². The maximum absolute atomic E-state index is 2.32. The molecular formula is C33H27Si. The molecule has 0 atom stereocenters. The third-order valence-corrected chi connectivity index (χ3v) is 10.7. The van der Waals surface area contributed by atoms with Crippen molar-refractivity contribution in [2.75, 3.05) is 0 Å². The van der Waals surface area contributed by atoms with Crippen LogP contribution in [0.15, 0.2) is 109 Å². The molecule has 0 aliphatic heterocycles. The Balaban J connectivity index is 1.84. The summed E-state index contributed by atoms with van der Waals surface area (Å²) in [6.45, 7) is 6.90. The molecule has 0 heterocycles. The molecule has 0 bridgehead atoms. The van der Waals surface area contributed by atoms with Crippen molar-refractivity contribution in [3.8, 4) is 0 Å². The highest BCUT2D eigenvalue weighted by Gasteiger charge is 2.29. The summed E-state index contributed by atoms with van der Waals surface area (Å²) >= 11 is 0. The highest BCUT2D eigenvalue weighted by Crippen LogP contribution is 2.22. The van der Waals surface area contributed by atoms with Gasteiger partial charge in [-0.25, -0.2) is 0 Å². The van der Waals surface area contributed by atoms with Crippen LogP contribution in [0, 0.1) is 20.8 Å². The van der Waals surface area contributed by atoms with Crippen LogP contribution >= 0.6 is 0 Å². The number of hydrogen-bond acceptors (Lipinski definition) is 0. The van der Waals surface area contributed by atoms with Crippen LogP contribution in [0.2, 0.25) is 0 Å². The molecule has 0 fully saturated rings. The third-order valence-electron chi connectivity index (χ3n) is 7.16. The van der Waals surface area contributed by atoms with Gasteiger partial charge < -0.3 is 0 Å². The SMILES string of the molecule is Cc1ccc2ccccc2c1[Si](c1c(C)ccc2ccccc12)c1c(C)ccc2ccccc12. The van der Waals surface area contributed by atoms with E-state index in [0.29, 0.717) is 0 Å². The zero-order valence-electron chi connectivity index (χ0n) is 19.9. The average molecular weight is 452 g/mol. The number of fused-ring (bicyclic) bond motifs is 3. The maximum atomic E-state index is 2.32. The quantitative estimate of drug-likeness (QED) is 0.210. The lowest BCUT2D eigenvalue weighted by Gasteiger charge is -2.27. The van der Waals surface area contributed by atoms with Gasteiger partial charge in [0.1, 0.15) is 0 Å². The van der Waals surface area contributed by atoms with Crippen molar-refractivity contribution in [1.82, 2.24) is 0 Å². The minimum atomic E-state index is -1.34. The van der Waals surface area contributed by atoms with Gasteiger partial charge in [0.15, 0.2) is 8.80 Å². The molecule has 34 heavy (non-hydrogen) atoms. The smallest absolute Gasteiger partial charge is 0.0616 e. The highest BCUT2D eigenvalue weighted by molar-refractivity contribution is 7.00. The fourth-order valence-electron chi connectivity index (χ4n) is 5.51. The summed E-state index contributed by atoms with van der Waals surface area (Å²) in [6, 6.07) is 40.6. The Labute approximate surface area is 203 Å². The van der Waals surface area contributed by atoms with Crippen molar-refractivity contribution in [1.29, 1.82) is 0 Å². The zero-order valence-corrected chi connectivity index (χ0v) is 20.9. The molecule has 6 rings (SSSR count). The summed E-state index contributed by atoms with van der Waals surface area (Å²) < 4.78 is 0. The molecule has 6 aromatic carbocycles. The summed E-state index contributed by atoms with van der Waals surface area (Å²) in [5, 5.41) is 12.7. The van der Waals surface area contributed by atoms with Gasteiger partial charge in [0.05, 0.1) is 0 Å². The van der Waals surface area contributed by atoms with Crippen LogP contribution in [0.3, 0.4) is 0 Å². The third kappa shape index (κ3) is 3.28. The van der Waals surface area contributed by atoms with Gasteiger partial charge in [-0.1, -0.05) is 126 Å². The standard InChI is InChI=1S/C33H27Si/c1-22-16-19-25-10-4-7-13-28(25)31(22)34(32-23(2)17-20-26-11-5-8-14-29(26)32)33-24(3)18-21-27-12-6-9-15-30(27)33/h4-21H,1-3H3. The van der Waals surface area contributed by atoms with E-state index in [2.05, 4.69) is 130 Å². The molecule has 1 heteroatoms. The predicted octanol–water partition coefficient (Wildman–Crippen LogP) is 6.59. The van der Waals surface area contributed by atoms with Crippen LogP contribution < -0.4 is 15.6 Å². The van der Waals surface area contributed by atoms with Gasteiger partial charge in [-0.3, -0.25) is 0 Å². The van der Waals surface area contributed by atoms with Crippen LogP contribution in [0.4, 0.5) is 0 Å². The maximum Gasteiger partial charge on any atom is 0.158 e. The largest absolute Gasteiger partial charge is 0.158 e. The molecular weight excluding hydrogens is 424 g/mol. The molecule has 0 saturated heterocycles. The second-order valence-corrected chi connectivity index (χ2v) is 11.6. The molecule has 0 aliphatic rings. The number of benzene rings is 6. The Bertz CT molecular complexity index is 1490. The summed E-state index contributed by atoms with van der Waals surface area (Å²) in [4.78, 5) is 0. The van der Waals surface area contributed by atoms with E-state index in [1.807, 2.05) is 0 Å². The first-order valence-corrected chi connectivity index (χ1v) is 13.5. The van der Waals surface area contributed by atoms with Gasteiger partial charge in [0, 0.05) is 0 Å². The molecule has 0 N–H and O–H groups in total. The molecule has 0 spiro atoms. The number of hydrogen-bond donors (Lipinski definition) is 0. The van der Waals surface area contributed by atoms with Crippen molar-refractivity contribution in [3.05, 3.63) is 126 Å². The highest BCUT2D eigenvalue weighted by atomic mass is 28.3. The first-order valence-electron chi connectivity index (χ1n) is 12.0. The van der Waals surface area contributed by atoms with Crippen LogP contribution in [0.5, 0.6) is 0 Å². The van der Waals surface area contributed by atoms with Crippen LogP contribution in [-0.2, 0) is 0 Å². The summed E-state index contributed by atoms with van der Waals surface area (Å²) in [5.41, 5.74) is 4.15. The van der Waals surface area contributed by atoms with Gasteiger partial charge in [-0.05, 0) is 68.6 Å². The van der Waals surface area contributed by atoms with Gasteiger partial charge in [-0.15, -0.1) is 0 Å². The molecule has 0 unspecified atom stereocenters. The van der Waals surface area contributed by atoms with Gasteiger partial charge in [-0.2, -0.15) is 0 Å². The molecule has 0 amide bonds.